The highest BCUT2D eigenvalue weighted by Crippen LogP contribution is 2.24. The number of carbonyl (C=O) groups is 1. The second-order valence-electron chi connectivity index (χ2n) is 6.16. The third-order valence-electron chi connectivity index (χ3n) is 3.15. The molecule has 0 bridgehead atoms. The van der Waals surface area contributed by atoms with Crippen molar-refractivity contribution in [3.05, 3.63) is 23.9 Å². The SMILES string of the molecule is Cc1ccnc(N2CC[C@@H](C(=O)OC(C)(C)C)C2)c1. The van der Waals surface area contributed by atoms with Crippen LogP contribution < -0.4 is 4.90 Å². The molecule has 0 aromatic carbocycles. The number of hydrogen-bond donors (Lipinski definition) is 0. The molecule has 4 heteroatoms. The molecule has 2 heterocycles. The van der Waals surface area contributed by atoms with Crippen molar-refractivity contribution in [3.63, 3.8) is 0 Å². The van der Waals surface area contributed by atoms with Gasteiger partial charge in [-0.3, -0.25) is 4.79 Å². The molecule has 0 amide bonds. The van der Waals surface area contributed by atoms with E-state index in [0.717, 1.165) is 18.8 Å². The minimum Gasteiger partial charge on any atom is -0.460 e. The minimum absolute atomic E-state index is 0.0402. The van der Waals surface area contributed by atoms with Gasteiger partial charge in [-0.05, 0) is 51.8 Å². The second kappa shape index (κ2) is 5.19. The Morgan fingerprint density at radius 2 is 2.21 bits per heavy atom. The van der Waals surface area contributed by atoms with Crippen LogP contribution in [0, 0.1) is 12.8 Å². The zero-order chi connectivity index (χ0) is 14.0. The topological polar surface area (TPSA) is 42.4 Å². The normalized spacial score (nSPS) is 19.6. The number of carbonyl (C=O) groups excluding carboxylic acids is 1. The zero-order valence-electron chi connectivity index (χ0n) is 12.1. The number of aromatic nitrogens is 1. The van der Waals surface area contributed by atoms with Crippen LogP contribution in [0.15, 0.2) is 18.3 Å². The van der Waals surface area contributed by atoms with Gasteiger partial charge in [-0.1, -0.05) is 0 Å². The van der Waals surface area contributed by atoms with Crippen molar-refractivity contribution >= 4 is 11.8 Å². The summed E-state index contributed by atoms with van der Waals surface area (Å²) in [6, 6.07) is 4.03. The lowest BCUT2D eigenvalue weighted by Gasteiger charge is -2.22. The van der Waals surface area contributed by atoms with E-state index >= 15 is 0 Å². The summed E-state index contributed by atoms with van der Waals surface area (Å²) in [4.78, 5) is 18.6. The molecule has 1 fully saturated rings. The van der Waals surface area contributed by atoms with Crippen LogP contribution in [-0.2, 0) is 9.53 Å². The first-order valence-electron chi connectivity index (χ1n) is 6.75. The molecule has 104 valence electrons. The molecule has 1 aromatic heterocycles. The van der Waals surface area contributed by atoms with Crippen molar-refractivity contribution < 1.29 is 9.53 Å². The summed E-state index contributed by atoms with van der Waals surface area (Å²) < 4.78 is 5.44. The molecule has 1 aliphatic heterocycles. The van der Waals surface area contributed by atoms with E-state index in [-0.39, 0.29) is 11.9 Å². The van der Waals surface area contributed by atoms with Gasteiger partial charge in [0.15, 0.2) is 0 Å². The van der Waals surface area contributed by atoms with Crippen LogP contribution in [0.3, 0.4) is 0 Å². The van der Waals surface area contributed by atoms with Gasteiger partial charge < -0.3 is 9.64 Å². The maximum atomic E-state index is 12.0. The van der Waals surface area contributed by atoms with E-state index in [4.69, 9.17) is 4.74 Å². The third-order valence-corrected chi connectivity index (χ3v) is 3.15. The molecule has 0 radical (unpaired) electrons. The maximum Gasteiger partial charge on any atom is 0.311 e. The van der Waals surface area contributed by atoms with E-state index in [1.165, 1.54) is 5.56 Å². The van der Waals surface area contributed by atoms with Crippen LogP contribution in [0.5, 0.6) is 0 Å². The summed E-state index contributed by atoms with van der Waals surface area (Å²) in [5, 5.41) is 0. The summed E-state index contributed by atoms with van der Waals surface area (Å²) in [5.41, 5.74) is 0.775. The number of esters is 1. The molecule has 19 heavy (non-hydrogen) atoms. The average Bonchev–Trinajstić information content (AvgIpc) is 2.75. The van der Waals surface area contributed by atoms with Gasteiger partial charge in [-0.15, -0.1) is 0 Å². The van der Waals surface area contributed by atoms with Crippen molar-refractivity contribution in [1.29, 1.82) is 0 Å². The molecule has 1 aliphatic rings. The Bertz CT molecular complexity index is 465. The molecule has 0 saturated carbocycles. The minimum atomic E-state index is -0.411. The average molecular weight is 262 g/mol. The highest BCUT2D eigenvalue weighted by atomic mass is 16.6. The predicted molar refractivity (Wildman–Crippen MR) is 75.1 cm³/mol. The monoisotopic (exact) mass is 262 g/mol. The first kappa shape index (κ1) is 13.8. The van der Waals surface area contributed by atoms with Crippen molar-refractivity contribution in [2.45, 2.75) is 39.7 Å². The molecule has 4 nitrogen and oxygen atoms in total. The first-order valence-corrected chi connectivity index (χ1v) is 6.75. The molecule has 0 N–H and O–H groups in total. The fraction of sp³-hybridized carbons (Fsp3) is 0.600. The Morgan fingerprint density at radius 1 is 1.47 bits per heavy atom. The Balaban J connectivity index is 1.98. The molecule has 0 aliphatic carbocycles. The lowest BCUT2D eigenvalue weighted by molar-refractivity contribution is -0.159. The van der Waals surface area contributed by atoms with E-state index in [1.54, 1.807) is 0 Å². The molecule has 0 unspecified atom stereocenters. The van der Waals surface area contributed by atoms with Crippen LogP contribution in [0.2, 0.25) is 0 Å². The molecule has 0 spiro atoms. The van der Waals surface area contributed by atoms with E-state index in [9.17, 15) is 4.79 Å². The number of aryl methyl sites for hydroxylation is 1. The van der Waals surface area contributed by atoms with Gasteiger partial charge in [-0.2, -0.15) is 0 Å². The zero-order valence-corrected chi connectivity index (χ0v) is 12.1. The second-order valence-corrected chi connectivity index (χ2v) is 6.16. The molecule has 2 rings (SSSR count). The van der Waals surface area contributed by atoms with Gasteiger partial charge in [0.05, 0.1) is 5.92 Å². The number of rotatable bonds is 2. The summed E-state index contributed by atoms with van der Waals surface area (Å²) in [7, 11) is 0. The fourth-order valence-corrected chi connectivity index (χ4v) is 2.24. The van der Waals surface area contributed by atoms with E-state index < -0.39 is 5.60 Å². The Kier molecular flexibility index (Phi) is 3.78. The number of anilines is 1. The predicted octanol–water partition coefficient (Wildman–Crippen LogP) is 2.56. The molecule has 1 saturated heterocycles. The fourth-order valence-electron chi connectivity index (χ4n) is 2.24. The summed E-state index contributed by atoms with van der Waals surface area (Å²) in [6.45, 7) is 9.32. The summed E-state index contributed by atoms with van der Waals surface area (Å²) in [6.07, 6.45) is 2.65. The number of nitrogens with zero attached hydrogens (tertiary/aromatic N) is 2. The van der Waals surface area contributed by atoms with Crippen LogP contribution in [0.1, 0.15) is 32.8 Å². The van der Waals surface area contributed by atoms with Gasteiger partial charge in [0.2, 0.25) is 0 Å². The lowest BCUT2D eigenvalue weighted by atomic mass is 10.1. The van der Waals surface area contributed by atoms with Gasteiger partial charge in [0.1, 0.15) is 11.4 Å². The third kappa shape index (κ3) is 3.69. The number of ether oxygens (including phenoxy) is 1. The molecular formula is C15H22N2O2. The quantitative estimate of drug-likeness (QED) is 0.768. The molecular weight excluding hydrogens is 240 g/mol. The van der Waals surface area contributed by atoms with Crippen molar-refractivity contribution in [1.82, 2.24) is 4.98 Å². The van der Waals surface area contributed by atoms with Crippen LogP contribution >= 0.6 is 0 Å². The first-order chi connectivity index (χ1) is 8.85. The summed E-state index contributed by atoms with van der Waals surface area (Å²) >= 11 is 0. The van der Waals surface area contributed by atoms with Crippen molar-refractivity contribution in [2.75, 3.05) is 18.0 Å². The molecule has 1 aromatic rings. The van der Waals surface area contributed by atoms with Gasteiger partial charge in [0, 0.05) is 19.3 Å². The van der Waals surface area contributed by atoms with Crippen molar-refractivity contribution in [3.8, 4) is 0 Å². The van der Waals surface area contributed by atoms with E-state index in [0.29, 0.717) is 6.54 Å². The summed E-state index contributed by atoms with van der Waals surface area (Å²) in [5.74, 6) is 0.815. The largest absolute Gasteiger partial charge is 0.460 e. The highest BCUT2D eigenvalue weighted by Gasteiger charge is 2.32. The van der Waals surface area contributed by atoms with Crippen LogP contribution in [0.4, 0.5) is 5.82 Å². The Hall–Kier alpha value is -1.58. The van der Waals surface area contributed by atoms with Crippen molar-refractivity contribution in [2.24, 2.45) is 5.92 Å². The van der Waals surface area contributed by atoms with Gasteiger partial charge in [-0.25, -0.2) is 4.98 Å². The lowest BCUT2D eigenvalue weighted by Crippen LogP contribution is -2.30. The molecule has 1 atom stereocenters. The Labute approximate surface area is 114 Å². The smallest absolute Gasteiger partial charge is 0.311 e. The van der Waals surface area contributed by atoms with Gasteiger partial charge >= 0.3 is 5.97 Å². The van der Waals surface area contributed by atoms with Crippen LogP contribution in [-0.4, -0.2) is 29.6 Å². The van der Waals surface area contributed by atoms with E-state index in [1.807, 2.05) is 40.0 Å². The maximum absolute atomic E-state index is 12.0. The van der Waals surface area contributed by atoms with E-state index in [2.05, 4.69) is 16.0 Å². The highest BCUT2D eigenvalue weighted by molar-refractivity contribution is 5.74. The standard InChI is InChI=1S/C15H22N2O2/c1-11-5-7-16-13(9-11)17-8-6-12(10-17)14(18)19-15(2,3)4/h5,7,9,12H,6,8,10H2,1-4H3/t12-/m1/s1. The Morgan fingerprint density at radius 3 is 2.84 bits per heavy atom. The number of pyridine rings is 1. The van der Waals surface area contributed by atoms with Gasteiger partial charge in [0.25, 0.3) is 0 Å². The number of hydrogen-bond acceptors (Lipinski definition) is 4. The van der Waals surface area contributed by atoms with Crippen LogP contribution in [0.25, 0.3) is 0 Å².